The lowest BCUT2D eigenvalue weighted by atomic mass is 9.98. The second-order valence-corrected chi connectivity index (χ2v) is 4.09. The maximum absolute atomic E-state index is 11.7. The number of esters is 1. The van der Waals surface area contributed by atoms with Crippen molar-refractivity contribution in [3.8, 4) is 16.9 Å². The maximum atomic E-state index is 11.7. The fraction of sp³-hybridized carbons (Fsp3) is 0.133. The molecule has 0 aliphatic carbocycles. The number of methoxy groups -OCH3 is 1. The van der Waals surface area contributed by atoms with Crippen molar-refractivity contribution >= 4 is 5.97 Å². The Morgan fingerprint density at radius 3 is 2.61 bits per heavy atom. The molecule has 0 unspecified atom stereocenters. The lowest BCUT2D eigenvalue weighted by Gasteiger charge is -2.09. The highest BCUT2D eigenvalue weighted by molar-refractivity contribution is 5.97. The average Bonchev–Trinajstić information content (AvgIpc) is 2.37. The molecule has 2 aromatic rings. The molecule has 0 heterocycles. The van der Waals surface area contributed by atoms with Crippen LogP contribution in [-0.2, 0) is 4.74 Å². The topological polar surface area (TPSA) is 46.5 Å². The van der Waals surface area contributed by atoms with Crippen LogP contribution in [0.4, 0.5) is 0 Å². The standard InChI is InChI=1S/C15H14O3/c1-10-4-3-5-11(8-10)13-7-6-12(16)9-14(13)15(17)18-2/h3-9,16H,1-2H3. The molecule has 0 amide bonds. The van der Waals surface area contributed by atoms with Gasteiger partial charge in [-0.3, -0.25) is 0 Å². The van der Waals surface area contributed by atoms with Crippen LogP contribution in [0.1, 0.15) is 15.9 Å². The first-order chi connectivity index (χ1) is 8.61. The van der Waals surface area contributed by atoms with Crippen molar-refractivity contribution in [3.63, 3.8) is 0 Å². The third-order valence-electron chi connectivity index (χ3n) is 2.74. The minimum atomic E-state index is -0.456. The Bertz CT molecular complexity index is 588. The van der Waals surface area contributed by atoms with E-state index >= 15 is 0 Å². The van der Waals surface area contributed by atoms with Crippen LogP contribution in [0.25, 0.3) is 11.1 Å². The third kappa shape index (κ3) is 2.35. The van der Waals surface area contributed by atoms with E-state index in [9.17, 15) is 9.90 Å². The average molecular weight is 242 g/mol. The number of carbonyl (C=O) groups is 1. The molecule has 0 aliphatic rings. The number of phenols is 1. The van der Waals surface area contributed by atoms with Crippen LogP contribution in [0.2, 0.25) is 0 Å². The van der Waals surface area contributed by atoms with Crippen molar-refractivity contribution in [2.75, 3.05) is 7.11 Å². The predicted octanol–water partition coefficient (Wildman–Crippen LogP) is 3.15. The maximum Gasteiger partial charge on any atom is 0.338 e. The summed E-state index contributed by atoms with van der Waals surface area (Å²) in [5, 5.41) is 9.48. The largest absolute Gasteiger partial charge is 0.508 e. The second-order valence-electron chi connectivity index (χ2n) is 4.09. The van der Waals surface area contributed by atoms with Crippen molar-refractivity contribution in [1.29, 1.82) is 0 Å². The number of rotatable bonds is 2. The molecule has 0 spiro atoms. The molecule has 0 saturated carbocycles. The molecule has 0 bridgehead atoms. The van der Waals surface area contributed by atoms with E-state index in [-0.39, 0.29) is 5.75 Å². The number of benzene rings is 2. The van der Waals surface area contributed by atoms with Crippen molar-refractivity contribution in [2.24, 2.45) is 0 Å². The molecule has 0 saturated heterocycles. The molecular formula is C15H14O3. The molecular weight excluding hydrogens is 228 g/mol. The highest BCUT2D eigenvalue weighted by atomic mass is 16.5. The van der Waals surface area contributed by atoms with Gasteiger partial charge in [-0.25, -0.2) is 4.79 Å². The van der Waals surface area contributed by atoms with E-state index in [0.717, 1.165) is 16.7 Å². The van der Waals surface area contributed by atoms with E-state index in [1.165, 1.54) is 13.2 Å². The van der Waals surface area contributed by atoms with Gasteiger partial charge in [-0.05, 0) is 36.2 Å². The fourth-order valence-electron chi connectivity index (χ4n) is 1.88. The van der Waals surface area contributed by atoms with Crippen molar-refractivity contribution < 1.29 is 14.6 Å². The molecule has 2 rings (SSSR count). The summed E-state index contributed by atoms with van der Waals surface area (Å²) >= 11 is 0. The molecule has 0 aliphatic heterocycles. The third-order valence-corrected chi connectivity index (χ3v) is 2.74. The Labute approximate surface area is 106 Å². The van der Waals surface area contributed by atoms with E-state index < -0.39 is 5.97 Å². The number of carbonyl (C=O) groups excluding carboxylic acids is 1. The molecule has 2 aromatic carbocycles. The van der Waals surface area contributed by atoms with Gasteiger partial charge in [0.2, 0.25) is 0 Å². The van der Waals surface area contributed by atoms with Gasteiger partial charge in [0, 0.05) is 0 Å². The summed E-state index contributed by atoms with van der Waals surface area (Å²) in [6.07, 6.45) is 0. The number of phenolic OH excluding ortho intramolecular Hbond substituents is 1. The lowest BCUT2D eigenvalue weighted by Crippen LogP contribution is -2.03. The first kappa shape index (κ1) is 12.2. The minimum absolute atomic E-state index is 0.0480. The number of hydrogen-bond donors (Lipinski definition) is 1. The van der Waals surface area contributed by atoms with Gasteiger partial charge in [-0.15, -0.1) is 0 Å². The van der Waals surface area contributed by atoms with E-state index in [0.29, 0.717) is 5.56 Å². The molecule has 18 heavy (non-hydrogen) atoms. The first-order valence-corrected chi connectivity index (χ1v) is 5.60. The monoisotopic (exact) mass is 242 g/mol. The highest BCUT2D eigenvalue weighted by Gasteiger charge is 2.14. The quantitative estimate of drug-likeness (QED) is 0.823. The Morgan fingerprint density at radius 2 is 1.94 bits per heavy atom. The molecule has 92 valence electrons. The lowest BCUT2D eigenvalue weighted by molar-refractivity contribution is 0.0601. The number of hydrogen-bond acceptors (Lipinski definition) is 3. The normalized spacial score (nSPS) is 10.1. The molecule has 0 fully saturated rings. The van der Waals surface area contributed by atoms with Gasteiger partial charge in [0.1, 0.15) is 5.75 Å². The summed E-state index contributed by atoms with van der Waals surface area (Å²) in [6, 6.07) is 12.5. The Hall–Kier alpha value is -2.29. The fourth-order valence-corrected chi connectivity index (χ4v) is 1.88. The van der Waals surface area contributed by atoms with Crippen molar-refractivity contribution in [2.45, 2.75) is 6.92 Å². The van der Waals surface area contributed by atoms with Gasteiger partial charge < -0.3 is 9.84 Å². The van der Waals surface area contributed by atoms with E-state index in [1.54, 1.807) is 12.1 Å². The summed E-state index contributed by atoms with van der Waals surface area (Å²) < 4.78 is 4.73. The summed E-state index contributed by atoms with van der Waals surface area (Å²) in [6.45, 7) is 1.99. The minimum Gasteiger partial charge on any atom is -0.508 e. The smallest absolute Gasteiger partial charge is 0.338 e. The van der Waals surface area contributed by atoms with Crippen LogP contribution >= 0.6 is 0 Å². The van der Waals surface area contributed by atoms with Gasteiger partial charge in [-0.2, -0.15) is 0 Å². The summed E-state index contributed by atoms with van der Waals surface area (Å²) in [5.74, 6) is -0.408. The molecule has 0 atom stereocenters. The zero-order chi connectivity index (χ0) is 13.1. The van der Waals surface area contributed by atoms with Crippen LogP contribution in [0.3, 0.4) is 0 Å². The van der Waals surface area contributed by atoms with Gasteiger partial charge >= 0.3 is 5.97 Å². The van der Waals surface area contributed by atoms with Gasteiger partial charge in [0.15, 0.2) is 0 Å². The van der Waals surface area contributed by atoms with Gasteiger partial charge in [-0.1, -0.05) is 29.8 Å². The van der Waals surface area contributed by atoms with Gasteiger partial charge in [0.05, 0.1) is 12.7 Å². The molecule has 3 nitrogen and oxygen atoms in total. The Balaban J connectivity index is 2.60. The van der Waals surface area contributed by atoms with Gasteiger partial charge in [0.25, 0.3) is 0 Å². The SMILES string of the molecule is COC(=O)c1cc(O)ccc1-c1cccc(C)c1. The van der Waals surface area contributed by atoms with Crippen molar-refractivity contribution in [3.05, 3.63) is 53.6 Å². The zero-order valence-electron chi connectivity index (χ0n) is 10.3. The molecule has 1 N–H and O–H groups in total. The predicted molar refractivity (Wildman–Crippen MR) is 69.6 cm³/mol. The highest BCUT2D eigenvalue weighted by Crippen LogP contribution is 2.28. The Kier molecular flexibility index (Phi) is 3.33. The number of aryl methyl sites for hydroxylation is 1. The summed E-state index contributed by atoms with van der Waals surface area (Å²) in [5.41, 5.74) is 3.15. The molecule has 0 radical (unpaired) electrons. The summed E-state index contributed by atoms with van der Waals surface area (Å²) in [4.78, 5) is 11.7. The Morgan fingerprint density at radius 1 is 1.17 bits per heavy atom. The van der Waals surface area contributed by atoms with Crippen LogP contribution in [-0.4, -0.2) is 18.2 Å². The van der Waals surface area contributed by atoms with Crippen LogP contribution in [0, 0.1) is 6.92 Å². The van der Waals surface area contributed by atoms with Crippen LogP contribution in [0.15, 0.2) is 42.5 Å². The van der Waals surface area contributed by atoms with E-state index in [1.807, 2.05) is 31.2 Å². The van der Waals surface area contributed by atoms with E-state index in [4.69, 9.17) is 4.74 Å². The summed E-state index contributed by atoms with van der Waals surface area (Å²) in [7, 11) is 1.33. The van der Waals surface area contributed by atoms with E-state index in [2.05, 4.69) is 0 Å². The van der Waals surface area contributed by atoms with Crippen LogP contribution in [0.5, 0.6) is 5.75 Å². The molecule has 0 aromatic heterocycles. The molecule has 3 heteroatoms. The van der Waals surface area contributed by atoms with Crippen LogP contribution < -0.4 is 0 Å². The van der Waals surface area contributed by atoms with Crippen molar-refractivity contribution in [1.82, 2.24) is 0 Å². The zero-order valence-corrected chi connectivity index (χ0v) is 10.3. The second kappa shape index (κ2) is 4.92. The number of aromatic hydroxyl groups is 1. The number of ether oxygens (including phenoxy) is 1. The first-order valence-electron chi connectivity index (χ1n) is 5.60.